The van der Waals surface area contributed by atoms with Crippen molar-refractivity contribution in [3.05, 3.63) is 29.3 Å². The molecule has 2 N–H and O–H groups in total. The lowest BCUT2D eigenvalue weighted by atomic mass is 9.88. The molecule has 24 heavy (non-hydrogen) atoms. The van der Waals surface area contributed by atoms with Crippen LogP contribution in [0.2, 0.25) is 5.02 Å². The molecule has 0 saturated carbocycles. The summed E-state index contributed by atoms with van der Waals surface area (Å²) in [5.74, 6) is 0.932. The molecule has 0 amide bonds. The third kappa shape index (κ3) is 7.42. The number of thioether (sulfide) groups is 1. The van der Waals surface area contributed by atoms with E-state index in [1.54, 1.807) is 37.7 Å². The molecular weight excluding hydrogens is 370 g/mol. The van der Waals surface area contributed by atoms with E-state index in [0.29, 0.717) is 18.0 Å². The second-order valence-electron chi connectivity index (χ2n) is 6.11. The molecule has 0 radical (unpaired) electrons. The van der Waals surface area contributed by atoms with Crippen LogP contribution in [0.15, 0.2) is 29.2 Å². The first-order valence-electron chi connectivity index (χ1n) is 7.71. The van der Waals surface area contributed by atoms with Gasteiger partial charge in [0.05, 0.1) is 10.3 Å². The molecule has 0 saturated heterocycles. The molecule has 136 valence electrons. The first-order chi connectivity index (χ1) is 11.1. The lowest BCUT2D eigenvalue weighted by Gasteiger charge is -2.18. The summed E-state index contributed by atoms with van der Waals surface area (Å²) >= 11 is 7.45. The van der Waals surface area contributed by atoms with E-state index >= 15 is 0 Å². The van der Waals surface area contributed by atoms with Gasteiger partial charge in [0.25, 0.3) is 0 Å². The van der Waals surface area contributed by atoms with Gasteiger partial charge in [-0.2, -0.15) is 11.8 Å². The van der Waals surface area contributed by atoms with Crippen molar-refractivity contribution < 1.29 is 18.3 Å². The van der Waals surface area contributed by atoms with E-state index in [2.05, 4.69) is 4.72 Å². The summed E-state index contributed by atoms with van der Waals surface area (Å²) in [5, 5.41) is 9.52. The number of carbonyl (C=O) groups is 1. The van der Waals surface area contributed by atoms with Crippen molar-refractivity contribution in [3.8, 4) is 0 Å². The van der Waals surface area contributed by atoms with E-state index in [-0.39, 0.29) is 4.90 Å². The molecule has 0 heterocycles. The molecule has 0 aliphatic carbocycles. The first kappa shape index (κ1) is 21.3. The SMILES string of the molecule is CC(C)(CCCSCCCNS(=O)(=O)c1ccc(Cl)cc1)C(=O)O. The third-order valence-electron chi connectivity index (χ3n) is 3.55. The zero-order valence-electron chi connectivity index (χ0n) is 13.9. The minimum atomic E-state index is -3.49. The molecule has 0 aliphatic heterocycles. The molecule has 1 aromatic carbocycles. The predicted octanol–water partition coefficient (Wildman–Crippen LogP) is 3.63. The summed E-state index contributed by atoms with van der Waals surface area (Å²) in [4.78, 5) is 11.2. The molecule has 8 heteroatoms. The van der Waals surface area contributed by atoms with Crippen LogP contribution < -0.4 is 4.72 Å². The maximum Gasteiger partial charge on any atom is 0.309 e. The van der Waals surface area contributed by atoms with Gasteiger partial charge in [0.2, 0.25) is 10.0 Å². The minimum Gasteiger partial charge on any atom is -0.481 e. The molecular formula is C16H24ClNO4S2. The van der Waals surface area contributed by atoms with Crippen LogP contribution in [0.25, 0.3) is 0 Å². The maximum absolute atomic E-state index is 12.0. The Labute approximate surface area is 153 Å². The van der Waals surface area contributed by atoms with Gasteiger partial charge < -0.3 is 5.11 Å². The van der Waals surface area contributed by atoms with Gasteiger partial charge in [0.1, 0.15) is 0 Å². The Morgan fingerprint density at radius 2 is 1.79 bits per heavy atom. The van der Waals surface area contributed by atoms with Crippen molar-refractivity contribution in [2.75, 3.05) is 18.1 Å². The number of benzene rings is 1. The maximum atomic E-state index is 12.0. The fourth-order valence-electron chi connectivity index (χ4n) is 1.90. The monoisotopic (exact) mass is 393 g/mol. The zero-order chi connectivity index (χ0) is 18.2. The molecule has 0 unspecified atom stereocenters. The number of carboxylic acids is 1. The van der Waals surface area contributed by atoms with E-state index < -0.39 is 21.4 Å². The van der Waals surface area contributed by atoms with Crippen LogP contribution in [0.3, 0.4) is 0 Å². The first-order valence-corrected chi connectivity index (χ1v) is 10.7. The van der Waals surface area contributed by atoms with Crippen LogP contribution in [0, 0.1) is 5.41 Å². The fraction of sp³-hybridized carbons (Fsp3) is 0.562. The number of hydrogen-bond acceptors (Lipinski definition) is 4. The zero-order valence-corrected chi connectivity index (χ0v) is 16.3. The van der Waals surface area contributed by atoms with Crippen LogP contribution in [0.4, 0.5) is 0 Å². The van der Waals surface area contributed by atoms with Crippen molar-refractivity contribution in [1.29, 1.82) is 0 Å². The number of rotatable bonds is 11. The Morgan fingerprint density at radius 1 is 1.21 bits per heavy atom. The van der Waals surface area contributed by atoms with Crippen LogP contribution >= 0.6 is 23.4 Å². The van der Waals surface area contributed by atoms with Crippen molar-refractivity contribution in [1.82, 2.24) is 4.72 Å². The molecule has 5 nitrogen and oxygen atoms in total. The van der Waals surface area contributed by atoms with Crippen molar-refractivity contribution in [2.45, 2.75) is 38.0 Å². The highest BCUT2D eigenvalue weighted by Gasteiger charge is 2.25. The predicted molar refractivity (Wildman–Crippen MR) is 99.2 cm³/mol. The summed E-state index contributed by atoms with van der Waals surface area (Å²) in [6.07, 6.45) is 2.19. The average molecular weight is 394 g/mol. The highest BCUT2D eigenvalue weighted by atomic mass is 35.5. The van der Waals surface area contributed by atoms with Crippen molar-refractivity contribution in [3.63, 3.8) is 0 Å². The van der Waals surface area contributed by atoms with Gasteiger partial charge in [-0.05, 0) is 68.9 Å². The smallest absolute Gasteiger partial charge is 0.309 e. The summed E-state index contributed by atoms with van der Waals surface area (Å²) in [6.45, 7) is 3.83. The Morgan fingerprint density at radius 3 is 2.38 bits per heavy atom. The lowest BCUT2D eigenvalue weighted by molar-refractivity contribution is -0.147. The summed E-state index contributed by atoms with van der Waals surface area (Å²) in [7, 11) is -3.49. The quantitative estimate of drug-likeness (QED) is 0.561. The van der Waals surface area contributed by atoms with Crippen molar-refractivity contribution in [2.24, 2.45) is 5.41 Å². The largest absolute Gasteiger partial charge is 0.481 e. The standard InChI is InChI=1S/C16H24ClNO4S2/c1-16(2,15(19)20)9-3-11-23-12-4-10-18-24(21,22)14-7-5-13(17)6-8-14/h5-8,18H,3-4,9-12H2,1-2H3,(H,19,20). The van der Waals surface area contributed by atoms with Crippen LogP contribution in [0.1, 0.15) is 33.1 Å². The Kier molecular flexibility index (Phi) is 8.56. The summed E-state index contributed by atoms with van der Waals surface area (Å²) < 4.78 is 26.6. The molecule has 1 aromatic rings. The van der Waals surface area contributed by atoms with Gasteiger partial charge in [0, 0.05) is 11.6 Å². The van der Waals surface area contributed by atoms with E-state index in [1.807, 2.05) is 0 Å². The van der Waals surface area contributed by atoms with Crippen LogP contribution in [0.5, 0.6) is 0 Å². The van der Waals surface area contributed by atoms with Gasteiger partial charge in [0.15, 0.2) is 0 Å². The second-order valence-corrected chi connectivity index (χ2v) is 9.54. The Hall–Kier alpha value is -0.760. The Balaban J connectivity index is 2.18. The normalized spacial score (nSPS) is 12.3. The topological polar surface area (TPSA) is 83.5 Å². The number of nitrogens with one attached hydrogen (secondary N) is 1. The molecule has 0 fully saturated rings. The van der Waals surface area contributed by atoms with E-state index in [9.17, 15) is 13.2 Å². The molecule has 1 rings (SSSR count). The van der Waals surface area contributed by atoms with Gasteiger partial charge in [-0.15, -0.1) is 0 Å². The van der Waals surface area contributed by atoms with Crippen LogP contribution in [-0.2, 0) is 14.8 Å². The number of aliphatic carboxylic acids is 1. The lowest BCUT2D eigenvalue weighted by Crippen LogP contribution is -2.25. The highest BCUT2D eigenvalue weighted by Crippen LogP contribution is 2.23. The van der Waals surface area contributed by atoms with Crippen molar-refractivity contribution >= 4 is 39.4 Å². The third-order valence-corrected chi connectivity index (χ3v) is 6.43. The summed E-state index contributed by atoms with van der Waals surface area (Å²) in [5.41, 5.74) is -0.686. The number of sulfonamides is 1. The second kappa shape index (κ2) is 9.65. The van der Waals surface area contributed by atoms with Gasteiger partial charge in [-0.1, -0.05) is 11.6 Å². The van der Waals surface area contributed by atoms with Gasteiger partial charge in [-0.3, -0.25) is 4.79 Å². The number of hydrogen-bond donors (Lipinski definition) is 2. The van der Waals surface area contributed by atoms with Gasteiger partial charge in [-0.25, -0.2) is 13.1 Å². The van der Waals surface area contributed by atoms with E-state index in [0.717, 1.165) is 24.3 Å². The summed E-state index contributed by atoms with van der Waals surface area (Å²) in [6, 6.07) is 6.04. The molecule has 0 aliphatic rings. The Bertz CT molecular complexity index is 630. The minimum absolute atomic E-state index is 0.204. The number of carboxylic acid groups (broad SMARTS) is 1. The molecule has 0 aromatic heterocycles. The molecule has 0 atom stereocenters. The fourth-order valence-corrected chi connectivity index (χ4v) is 4.00. The average Bonchev–Trinajstić information content (AvgIpc) is 2.50. The number of halogens is 1. The van der Waals surface area contributed by atoms with Gasteiger partial charge >= 0.3 is 5.97 Å². The van der Waals surface area contributed by atoms with E-state index in [4.69, 9.17) is 16.7 Å². The van der Waals surface area contributed by atoms with Crippen LogP contribution in [-0.4, -0.2) is 37.5 Å². The van der Waals surface area contributed by atoms with E-state index in [1.165, 1.54) is 12.1 Å². The molecule has 0 bridgehead atoms. The molecule has 0 spiro atoms. The highest BCUT2D eigenvalue weighted by molar-refractivity contribution is 7.99.